The van der Waals surface area contributed by atoms with Crippen LogP contribution < -0.4 is 20.3 Å². The summed E-state index contributed by atoms with van der Waals surface area (Å²) in [6.45, 7) is 7.17. The fourth-order valence-electron chi connectivity index (χ4n) is 5.97. The zero-order chi connectivity index (χ0) is 33.3. The number of nitrogens with one attached hydrogen (secondary N) is 2. The van der Waals surface area contributed by atoms with Gasteiger partial charge in [0, 0.05) is 26.5 Å². The van der Waals surface area contributed by atoms with Crippen LogP contribution in [0.1, 0.15) is 46.1 Å². The third-order valence-electron chi connectivity index (χ3n) is 9.00. The summed E-state index contributed by atoms with van der Waals surface area (Å²) in [6, 6.07) is 2.99. The van der Waals surface area contributed by atoms with Crippen molar-refractivity contribution in [1.82, 2.24) is 10.6 Å². The minimum absolute atomic E-state index is 0.00553. The van der Waals surface area contributed by atoms with Gasteiger partial charge in [0.1, 0.15) is 40.7 Å². The summed E-state index contributed by atoms with van der Waals surface area (Å²) in [7, 11) is 6.18. The topological polar surface area (TPSA) is 148 Å². The number of anilines is 1. The molecule has 3 aliphatic heterocycles. The quantitative estimate of drug-likeness (QED) is 0.321. The number of fused-ring (bicyclic) bond motifs is 5. The lowest BCUT2D eigenvalue weighted by Gasteiger charge is -2.42. The first kappa shape index (κ1) is 34.7. The van der Waals surface area contributed by atoms with E-state index in [9.17, 15) is 19.5 Å². The van der Waals surface area contributed by atoms with Crippen LogP contribution in [0, 0.1) is 5.92 Å². The van der Waals surface area contributed by atoms with Gasteiger partial charge in [-0.05, 0) is 51.9 Å². The highest BCUT2D eigenvalue weighted by atomic mass is 35.5. The summed E-state index contributed by atoms with van der Waals surface area (Å²) < 4.78 is 28.8. The van der Waals surface area contributed by atoms with Gasteiger partial charge in [0.25, 0.3) is 0 Å². The van der Waals surface area contributed by atoms with Crippen molar-refractivity contribution in [3.63, 3.8) is 0 Å². The Morgan fingerprint density at radius 2 is 2.00 bits per heavy atom. The van der Waals surface area contributed by atoms with Gasteiger partial charge in [-0.25, -0.2) is 4.79 Å². The summed E-state index contributed by atoms with van der Waals surface area (Å²) in [5, 5.41) is 17.2. The molecule has 1 aromatic rings. The Kier molecular flexibility index (Phi) is 10.6. The van der Waals surface area contributed by atoms with E-state index in [0.29, 0.717) is 17.9 Å². The maximum Gasteiger partial charge on any atom is 0.409 e. The van der Waals surface area contributed by atoms with Crippen molar-refractivity contribution in [2.45, 2.75) is 88.7 Å². The number of alkyl carbamates (subject to hydrolysis) is 1. The molecule has 3 aliphatic rings. The SMILES string of the molecule is CN[C@H](C)C(=O)O[C@@H]1CC(=O)N(C)c2cc(cc(OC)c2Cl)C/C(C)=C\C=C\[C@H](OC)[C@]2(O)C[C@@H](OC(=O)N2)[C@H](C)[C@H]2O[C@@]21C. The van der Waals surface area contributed by atoms with E-state index in [-0.39, 0.29) is 23.8 Å². The number of halogens is 1. The molecule has 0 unspecified atom stereocenters. The number of nitrogens with zero attached hydrogens (tertiary/aromatic N) is 1. The molecule has 0 saturated carbocycles. The van der Waals surface area contributed by atoms with Crippen molar-refractivity contribution in [2.24, 2.45) is 5.92 Å². The van der Waals surface area contributed by atoms with Crippen LogP contribution in [0.15, 0.2) is 35.9 Å². The second-order valence-corrected chi connectivity index (χ2v) is 12.6. The number of ether oxygens (including phenoxy) is 5. The molecule has 2 amide bonds. The molecule has 1 aromatic carbocycles. The maximum atomic E-state index is 13.8. The number of rotatable bonds is 5. The van der Waals surface area contributed by atoms with Crippen LogP contribution in [0.25, 0.3) is 0 Å². The molecule has 4 bridgehead atoms. The van der Waals surface area contributed by atoms with Gasteiger partial charge in [0.05, 0.1) is 25.3 Å². The van der Waals surface area contributed by atoms with E-state index in [4.69, 9.17) is 35.3 Å². The molecule has 0 spiro atoms. The predicted molar refractivity (Wildman–Crippen MR) is 167 cm³/mol. The molecule has 0 aromatic heterocycles. The number of likely N-dealkylation sites (N-methyl/N-ethyl adjacent to an activating group) is 1. The highest BCUT2D eigenvalue weighted by molar-refractivity contribution is 6.35. The Labute approximate surface area is 269 Å². The van der Waals surface area contributed by atoms with Gasteiger partial charge in [-0.3, -0.25) is 14.9 Å². The van der Waals surface area contributed by atoms with E-state index in [1.54, 1.807) is 46.2 Å². The first-order valence-electron chi connectivity index (χ1n) is 14.9. The summed E-state index contributed by atoms with van der Waals surface area (Å²) in [4.78, 5) is 40.9. The molecule has 12 nitrogen and oxygen atoms in total. The first-order valence-corrected chi connectivity index (χ1v) is 15.3. The maximum absolute atomic E-state index is 13.8. The van der Waals surface area contributed by atoms with E-state index in [2.05, 4.69) is 10.6 Å². The largest absolute Gasteiger partial charge is 0.495 e. The van der Waals surface area contributed by atoms with Crippen molar-refractivity contribution in [1.29, 1.82) is 0 Å². The molecule has 45 heavy (non-hydrogen) atoms. The van der Waals surface area contributed by atoms with Crippen LogP contribution in [0.3, 0.4) is 0 Å². The number of hydrogen-bond donors (Lipinski definition) is 3. The molecular weight excluding hydrogens is 606 g/mol. The summed E-state index contributed by atoms with van der Waals surface area (Å²) in [5.41, 5.74) is -0.646. The van der Waals surface area contributed by atoms with E-state index >= 15 is 0 Å². The van der Waals surface area contributed by atoms with Gasteiger partial charge in [0.2, 0.25) is 5.91 Å². The lowest BCUT2D eigenvalue weighted by molar-refractivity contribution is -0.155. The van der Waals surface area contributed by atoms with Crippen LogP contribution >= 0.6 is 11.6 Å². The van der Waals surface area contributed by atoms with Crippen LogP contribution in [-0.4, -0.2) is 93.2 Å². The molecule has 248 valence electrons. The number of aliphatic hydroxyl groups is 1. The smallest absolute Gasteiger partial charge is 0.409 e. The lowest BCUT2D eigenvalue weighted by Crippen LogP contribution is -2.63. The third kappa shape index (κ3) is 7.30. The molecule has 2 fully saturated rings. The van der Waals surface area contributed by atoms with Crippen molar-refractivity contribution >= 4 is 35.3 Å². The van der Waals surface area contributed by atoms with E-state index < -0.39 is 59.8 Å². The van der Waals surface area contributed by atoms with E-state index in [1.165, 1.54) is 19.1 Å². The zero-order valence-electron chi connectivity index (χ0n) is 27.0. The number of amides is 2. The Morgan fingerprint density at radius 3 is 2.64 bits per heavy atom. The molecule has 8 atom stereocenters. The summed E-state index contributed by atoms with van der Waals surface area (Å²) in [6.07, 6.45) is 1.52. The van der Waals surface area contributed by atoms with Crippen LogP contribution in [0.5, 0.6) is 5.75 Å². The highest BCUT2D eigenvalue weighted by Gasteiger charge is 2.64. The van der Waals surface area contributed by atoms with Crippen LogP contribution in [0.2, 0.25) is 5.02 Å². The van der Waals surface area contributed by atoms with Gasteiger partial charge >= 0.3 is 12.1 Å². The van der Waals surface area contributed by atoms with Crippen molar-refractivity contribution in [2.75, 3.05) is 33.2 Å². The Bertz CT molecular complexity index is 1370. The molecule has 3 heterocycles. The van der Waals surface area contributed by atoms with Crippen molar-refractivity contribution < 1.29 is 43.2 Å². The molecule has 4 rings (SSSR count). The number of hydrogen-bond acceptors (Lipinski definition) is 10. The number of carbonyl (C=O) groups is 3. The second kappa shape index (κ2) is 13.7. The highest BCUT2D eigenvalue weighted by Crippen LogP contribution is 2.49. The zero-order valence-corrected chi connectivity index (χ0v) is 27.8. The fourth-order valence-corrected chi connectivity index (χ4v) is 6.28. The number of benzene rings is 1. The average Bonchev–Trinajstić information content (AvgIpc) is 3.69. The number of carbonyl (C=O) groups excluding carboxylic acids is 3. The minimum atomic E-state index is -1.78. The molecular formula is C32H44ClN3O9. The first-order chi connectivity index (χ1) is 21.2. The summed E-state index contributed by atoms with van der Waals surface area (Å²) in [5.74, 6) is -0.974. The number of methoxy groups -OCH3 is 2. The molecule has 13 heteroatoms. The minimum Gasteiger partial charge on any atom is -0.495 e. The van der Waals surface area contributed by atoms with Gasteiger partial charge in [-0.2, -0.15) is 0 Å². The molecule has 0 radical (unpaired) electrons. The lowest BCUT2D eigenvalue weighted by atomic mass is 9.83. The Balaban J connectivity index is 1.80. The number of epoxide rings is 1. The Morgan fingerprint density at radius 1 is 1.29 bits per heavy atom. The van der Waals surface area contributed by atoms with Crippen molar-refractivity contribution in [3.05, 3.63) is 46.5 Å². The second-order valence-electron chi connectivity index (χ2n) is 12.2. The van der Waals surface area contributed by atoms with Gasteiger partial charge < -0.3 is 39.0 Å². The fraction of sp³-hybridized carbons (Fsp3) is 0.594. The standard InChI is InChI=1S/C32H44ClN3O9/c1-17-10-9-11-24(42-8)32(40)16-23(43-30(39)35-32)18(2)28-31(4,45-28)25(44-29(38)19(3)34-5)15-26(37)36(6)21-13-20(12-17)14-22(41-7)27(21)33/h9-11,13-14,18-19,23-25,28,34,40H,12,15-16H2,1-8H3,(H,35,39)/b11-9+,17-10-/t18-,19+,23+,24-,25+,28+,31+,32+/m0/s1. The third-order valence-corrected chi connectivity index (χ3v) is 9.38. The van der Waals surface area contributed by atoms with Crippen LogP contribution in [0.4, 0.5) is 10.5 Å². The number of esters is 1. The van der Waals surface area contributed by atoms with E-state index in [1.807, 2.05) is 26.0 Å². The molecule has 3 N–H and O–H groups in total. The average molecular weight is 650 g/mol. The van der Waals surface area contributed by atoms with E-state index in [0.717, 1.165) is 11.1 Å². The molecule has 2 saturated heterocycles. The monoisotopic (exact) mass is 649 g/mol. The van der Waals surface area contributed by atoms with Crippen molar-refractivity contribution in [3.8, 4) is 5.75 Å². The van der Waals surface area contributed by atoms with Crippen LogP contribution in [-0.2, 0) is 35.0 Å². The van der Waals surface area contributed by atoms with Gasteiger partial charge in [-0.15, -0.1) is 0 Å². The Hall–Kier alpha value is -3.16. The number of allylic oxidation sites excluding steroid dienone is 3. The molecule has 0 aliphatic carbocycles. The normalized spacial score (nSPS) is 34.8. The summed E-state index contributed by atoms with van der Waals surface area (Å²) >= 11 is 6.69. The van der Waals surface area contributed by atoms with Gasteiger partial charge in [0.15, 0.2) is 5.72 Å². The predicted octanol–water partition coefficient (Wildman–Crippen LogP) is 3.28. The van der Waals surface area contributed by atoms with Gasteiger partial charge in [-0.1, -0.05) is 42.3 Å².